The molecule has 1 amide bonds. The van der Waals surface area contributed by atoms with Gasteiger partial charge < -0.3 is 19.9 Å². The molecule has 0 fully saturated rings. The SMILES string of the molecule is CCC(CC(=O)Nc1cc(C(=O)O)cc(OC)c1OC)c1ccc(C)cc1. The summed E-state index contributed by atoms with van der Waals surface area (Å²) in [5.74, 6) is -0.721. The van der Waals surface area contributed by atoms with Gasteiger partial charge in [0, 0.05) is 6.42 Å². The standard InChI is InChI=1S/C21H25NO5/c1-5-14(15-8-6-13(2)7-9-15)12-19(23)22-17-10-16(21(24)25)11-18(26-3)20(17)27-4/h6-11,14H,5,12H2,1-4H3,(H,22,23)(H,24,25). The maximum Gasteiger partial charge on any atom is 0.335 e. The molecule has 0 bridgehead atoms. The van der Waals surface area contributed by atoms with E-state index in [1.54, 1.807) is 0 Å². The van der Waals surface area contributed by atoms with Crippen LogP contribution in [0.1, 0.15) is 47.2 Å². The zero-order chi connectivity index (χ0) is 20.0. The van der Waals surface area contributed by atoms with E-state index in [9.17, 15) is 14.7 Å². The zero-order valence-electron chi connectivity index (χ0n) is 16.0. The van der Waals surface area contributed by atoms with Crippen LogP contribution in [-0.4, -0.2) is 31.2 Å². The third-order valence-electron chi connectivity index (χ3n) is 4.47. The van der Waals surface area contributed by atoms with Crippen molar-refractivity contribution in [3.05, 3.63) is 53.1 Å². The number of carbonyl (C=O) groups is 2. The van der Waals surface area contributed by atoms with Crippen molar-refractivity contribution in [2.75, 3.05) is 19.5 Å². The van der Waals surface area contributed by atoms with Crippen LogP contribution in [-0.2, 0) is 4.79 Å². The number of benzene rings is 2. The largest absolute Gasteiger partial charge is 0.493 e. The highest BCUT2D eigenvalue weighted by Crippen LogP contribution is 2.37. The summed E-state index contributed by atoms with van der Waals surface area (Å²) < 4.78 is 10.5. The van der Waals surface area contributed by atoms with Crippen molar-refractivity contribution in [2.45, 2.75) is 32.6 Å². The number of aromatic carboxylic acids is 1. The first kappa shape index (κ1) is 20.3. The predicted octanol–water partition coefficient (Wildman–Crippen LogP) is 4.23. The van der Waals surface area contributed by atoms with Crippen molar-refractivity contribution < 1.29 is 24.2 Å². The molecule has 0 saturated heterocycles. The van der Waals surface area contributed by atoms with Gasteiger partial charge in [-0.2, -0.15) is 0 Å². The first-order valence-electron chi connectivity index (χ1n) is 8.75. The molecule has 0 aliphatic carbocycles. The maximum absolute atomic E-state index is 12.6. The second kappa shape index (κ2) is 9.07. The second-order valence-corrected chi connectivity index (χ2v) is 6.33. The highest BCUT2D eigenvalue weighted by molar-refractivity contribution is 5.97. The highest BCUT2D eigenvalue weighted by atomic mass is 16.5. The van der Waals surface area contributed by atoms with Crippen LogP contribution in [0.15, 0.2) is 36.4 Å². The fraction of sp³-hybridized carbons (Fsp3) is 0.333. The number of carboxylic acid groups (broad SMARTS) is 1. The summed E-state index contributed by atoms with van der Waals surface area (Å²) in [6, 6.07) is 10.9. The number of carbonyl (C=O) groups excluding carboxylic acids is 1. The second-order valence-electron chi connectivity index (χ2n) is 6.33. The Morgan fingerprint density at radius 1 is 1.11 bits per heavy atom. The molecule has 6 heteroatoms. The Morgan fingerprint density at radius 3 is 2.30 bits per heavy atom. The molecule has 0 heterocycles. The lowest BCUT2D eigenvalue weighted by atomic mass is 9.92. The van der Waals surface area contributed by atoms with E-state index in [2.05, 4.69) is 5.32 Å². The minimum absolute atomic E-state index is 0.00789. The first-order chi connectivity index (χ1) is 12.9. The number of carboxylic acids is 1. The van der Waals surface area contributed by atoms with Crippen LogP contribution in [0.25, 0.3) is 0 Å². The van der Waals surface area contributed by atoms with Crippen LogP contribution in [0, 0.1) is 6.92 Å². The molecule has 2 rings (SSSR count). The van der Waals surface area contributed by atoms with Gasteiger partial charge >= 0.3 is 5.97 Å². The lowest BCUT2D eigenvalue weighted by Crippen LogP contribution is -2.16. The Balaban J connectivity index is 2.24. The number of ether oxygens (including phenoxy) is 2. The Morgan fingerprint density at radius 2 is 1.78 bits per heavy atom. The zero-order valence-corrected chi connectivity index (χ0v) is 16.0. The third kappa shape index (κ3) is 5.00. The molecular weight excluding hydrogens is 346 g/mol. The summed E-state index contributed by atoms with van der Waals surface area (Å²) in [5, 5.41) is 12.0. The van der Waals surface area contributed by atoms with Gasteiger partial charge in [0.2, 0.25) is 5.91 Å². The summed E-state index contributed by atoms with van der Waals surface area (Å²) >= 11 is 0. The number of hydrogen-bond donors (Lipinski definition) is 2. The molecule has 0 aromatic heterocycles. The normalized spacial score (nSPS) is 11.6. The van der Waals surface area contributed by atoms with Crippen LogP contribution >= 0.6 is 0 Å². The third-order valence-corrected chi connectivity index (χ3v) is 4.47. The summed E-state index contributed by atoms with van der Waals surface area (Å²) in [7, 11) is 2.86. The minimum Gasteiger partial charge on any atom is -0.493 e. The van der Waals surface area contributed by atoms with Crippen LogP contribution in [0.2, 0.25) is 0 Å². The van der Waals surface area contributed by atoms with Crippen LogP contribution in [0.5, 0.6) is 11.5 Å². The Bertz CT molecular complexity index is 814. The van der Waals surface area contributed by atoms with Gasteiger partial charge in [0.25, 0.3) is 0 Å². The van der Waals surface area contributed by atoms with Crippen LogP contribution in [0.3, 0.4) is 0 Å². The Labute approximate surface area is 159 Å². The van der Waals surface area contributed by atoms with E-state index in [-0.39, 0.29) is 35.2 Å². The quantitative estimate of drug-likeness (QED) is 0.725. The highest BCUT2D eigenvalue weighted by Gasteiger charge is 2.20. The number of rotatable bonds is 8. The summed E-state index contributed by atoms with van der Waals surface area (Å²) in [6.45, 7) is 4.05. The average molecular weight is 371 g/mol. The number of methoxy groups -OCH3 is 2. The molecule has 0 spiro atoms. The van der Waals surface area contributed by atoms with Gasteiger partial charge in [0.1, 0.15) is 0 Å². The number of anilines is 1. The van der Waals surface area contributed by atoms with Gasteiger partial charge in [-0.1, -0.05) is 36.8 Å². The molecule has 27 heavy (non-hydrogen) atoms. The molecular formula is C21H25NO5. The van der Waals surface area contributed by atoms with Crippen LogP contribution in [0.4, 0.5) is 5.69 Å². The lowest BCUT2D eigenvalue weighted by molar-refractivity contribution is -0.116. The summed E-state index contributed by atoms with van der Waals surface area (Å²) in [6.07, 6.45) is 1.09. The Kier molecular flexibility index (Phi) is 6.82. The molecule has 0 saturated carbocycles. The molecule has 0 aliphatic rings. The average Bonchev–Trinajstić information content (AvgIpc) is 2.66. The predicted molar refractivity (Wildman–Crippen MR) is 104 cm³/mol. The van der Waals surface area contributed by atoms with Gasteiger partial charge in [-0.25, -0.2) is 4.79 Å². The Hall–Kier alpha value is -3.02. The van der Waals surface area contributed by atoms with E-state index in [1.807, 2.05) is 38.1 Å². The molecule has 1 atom stereocenters. The van der Waals surface area contributed by atoms with Crippen molar-refractivity contribution >= 4 is 17.6 Å². The monoisotopic (exact) mass is 371 g/mol. The molecule has 0 aliphatic heterocycles. The van der Waals surface area contributed by atoms with Crippen molar-refractivity contribution in [3.63, 3.8) is 0 Å². The van der Waals surface area contributed by atoms with Gasteiger partial charge in [0.05, 0.1) is 25.5 Å². The fourth-order valence-corrected chi connectivity index (χ4v) is 2.94. The molecule has 2 aromatic rings. The van der Waals surface area contributed by atoms with E-state index in [1.165, 1.54) is 31.9 Å². The topological polar surface area (TPSA) is 84.9 Å². The number of hydrogen-bond acceptors (Lipinski definition) is 4. The van der Waals surface area contributed by atoms with Gasteiger partial charge in [-0.05, 0) is 37.0 Å². The fourth-order valence-electron chi connectivity index (χ4n) is 2.94. The van der Waals surface area contributed by atoms with Gasteiger partial charge in [0.15, 0.2) is 11.5 Å². The first-order valence-corrected chi connectivity index (χ1v) is 8.75. The van der Waals surface area contributed by atoms with Gasteiger partial charge in [-0.3, -0.25) is 4.79 Å². The van der Waals surface area contributed by atoms with Crippen LogP contribution < -0.4 is 14.8 Å². The van der Waals surface area contributed by atoms with E-state index in [0.717, 1.165) is 12.0 Å². The number of nitrogens with one attached hydrogen (secondary N) is 1. The molecule has 2 N–H and O–H groups in total. The molecule has 144 valence electrons. The van der Waals surface area contributed by atoms with Crippen molar-refractivity contribution in [2.24, 2.45) is 0 Å². The minimum atomic E-state index is -1.11. The molecule has 0 radical (unpaired) electrons. The molecule has 6 nitrogen and oxygen atoms in total. The van der Waals surface area contributed by atoms with Gasteiger partial charge in [-0.15, -0.1) is 0 Å². The van der Waals surface area contributed by atoms with E-state index in [0.29, 0.717) is 5.75 Å². The van der Waals surface area contributed by atoms with E-state index < -0.39 is 5.97 Å². The smallest absolute Gasteiger partial charge is 0.335 e. The number of amides is 1. The molecule has 1 unspecified atom stereocenters. The summed E-state index contributed by atoms with van der Waals surface area (Å²) in [5.41, 5.74) is 2.55. The van der Waals surface area contributed by atoms with E-state index in [4.69, 9.17) is 9.47 Å². The summed E-state index contributed by atoms with van der Waals surface area (Å²) in [4.78, 5) is 24.0. The maximum atomic E-state index is 12.6. The van der Waals surface area contributed by atoms with Crippen molar-refractivity contribution in [1.82, 2.24) is 0 Å². The van der Waals surface area contributed by atoms with E-state index >= 15 is 0 Å². The molecule has 2 aromatic carbocycles. The number of aryl methyl sites for hydroxylation is 1. The van der Waals surface area contributed by atoms with Crippen molar-refractivity contribution in [1.29, 1.82) is 0 Å². The van der Waals surface area contributed by atoms with Crippen molar-refractivity contribution in [3.8, 4) is 11.5 Å². The lowest BCUT2D eigenvalue weighted by Gasteiger charge is -2.18.